The standard InChI is InChI=1S/C13H19ClN2O/c1-9(2)11-7-10(16(3)4)5-6-12(11)15-13(17)8-14/h5-7,9H,8H2,1-4H3,(H,15,17). The van der Waals surface area contributed by atoms with E-state index in [1.165, 1.54) is 0 Å². The fourth-order valence-corrected chi connectivity index (χ4v) is 1.67. The van der Waals surface area contributed by atoms with Crippen LogP contribution in [0.5, 0.6) is 0 Å². The van der Waals surface area contributed by atoms with Gasteiger partial charge in [-0.3, -0.25) is 4.79 Å². The van der Waals surface area contributed by atoms with Gasteiger partial charge in [0.1, 0.15) is 5.88 Å². The van der Waals surface area contributed by atoms with Gasteiger partial charge in [-0.05, 0) is 29.7 Å². The third-order valence-electron chi connectivity index (χ3n) is 2.57. The molecule has 1 rings (SSSR count). The first-order valence-corrected chi connectivity index (χ1v) is 6.16. The number of anilines is 2. The van der Waals surface area contributed by atoms with Gasteiger partial charge in [0.2, 0.25) is 5.91 Å². The average molecular weight is 255 g/mol. The topological polar surface area (TPSA) is 32.3 Å². The van der Waals surface area contributed by atoms with Gasteiger partial charge >= 0.3 is 0 Å². The minimum Gasteiger partial charge on any atom is -0.378 e. The number of hydrogen-bond acceptors (Lipinski definition) is 2. The van der Waals surface area contributed by atoms with Crippen molar-refractivity contribution in [3.63, 3.8) is 0 Å². The Bertz CT molecular complexity index is 402. The third kappa shape index (κ3) is 3.63. The lowest BCUT2D eigenvalue weighted by molar-refractivity contribution is -0.113. The monoisotopic (exact) mass is 254 g/mol. The molecule has 17 heavy (non-hydrogen) atoms. The van der Waals surface area contributed by atoms with Crippen molar-refractivity contribution in [2.45, 2.75) is 19.8 Å². The van der Waals surface area contributed by atoms with Gasteiger partial charge in [-0.2, -0.15) is 0 Å². The largest absolute Gasteiger partial charge is 0.378 e. The molecule has 0 saturated carbocycles. The second-order valence-corrected chi connectivity index (χ2v) is 4.77. The molecule has 1 aromatic carbocycles. The number of hydrogen-bond donors (Lipinski definition) is 1. The van der Waals surface area contributed by atoms with Crippen molar-refractivity contribution >= 4 is 28.9 Å². The van der Waals surface area contributed by atoms with Gasteiger partial charge < -0.3 is 10.2 Å². The second kappa shape index (κ2) is 5.92. The summed E-state index contributed by atoms with van der Waals surface area (Å²) in [6.07, 6.45) is 0. The number of nitrogens with zero attached hydrogens (tertiary/aromatic N) is 1. The van der Waals surface area contributed by atoms with E-state index in [0.29, 0.717) is 5.92 Å². The minimum atomic E-state index is -0.175. The first kappa shape index (κ1) is 13.8. The summed E-state index contributed by atoms with van der Waals surface area (Å²) >= 11 is 5.50. The van der Waals surface area contributed by atoms with Crippen LogP contribution < -0.4 is 10.2 Å². The Hall–Kier alpha value is -1.22. The maximum absolute atomic E-state index is 11.3. The average Bonchev–Trinajstić information content (AvgIpc) is 2.28. The van der Waals surface area contributed by atoms with Gasteiger partial charge in [-0.1, -0.05) is 13.8 Å². The molecule has 0 fully saturated rings. The summed E-state index contributed by atoms with van der Waals surface area (Å²) in [6.45, 7) is 4.20. The summed E-state index contributed by atoms with van der Waals surface area (Å²) in [4.78, 5) is 13.4. The van der Waals surface area contributed by atoms with Crippen LogP contribution in [0.4, 0.5) is 11.4 Å². The minimum absolute atomic E-state index is 0.0209. The van der Waals surface area contributed by atoms with Crippen molar-refractivity contribution in [3.05, 3.63) is 23.8 Å². The number of benzene rings is 1. The second-order valence-electron chi connectivity index (χ2n) is 4.50. The van der Waals surface area contributed by atoms with E-state index in [2.05, 4.69) is 25.2 Å². The van der Waals surface area contributed by atoms with Crippen LogP contribution in [0.1, 0.15) is 25.3 Å². The van der Waals surface area contributed by atoms with E-state index in [1.807, 2.05) is 31.1 Å². The number of carbonyl (C=O) groups is 1. The molecular weight excluding hydrogens is 236 g/mol. The SMILES string of the molecule is CC(C)c1cc(N(C)C)ccc1NC(=O)CCl. The molecule has 0 radical (unpaired) electrons. The first-order chi connectivity index (χ1) is 7.95. The van der Waals surface area contributed by atoms with E-state index < -0.39 is 0 Å². The van der Waals surface area contributed by atoms with Gasteiger partial charge in [0, 0.05) is 25.5 Å². The van der Waals surface area contributed by atoms with E-state index in [4.69, 9.17) is 11.6 Å². The molecule has 0 aromatic heterocycles. The van der Waals surface area contributed by atoms with E-state index in [1.54, 1.807) is 0 Å². The number of carbonyl (C=O) groups excluding carboxylic acids is 1. The maximum atomic E-state index is 11.3. The molecule has 3 nitrogen and oxygen atoms in total. The van der Waals surface area contributed by atoms with E-state index in [9.17, 15) is 4.79 Å². The molecular formula is C13H19ClN2O. The molecule has 1 aromatic rings. The smallest absolute Gasteiger partial charge is 0.239 e. The van der Waals surface area contributed by atoms with Crippen LogP contribution in [-0.4, -0.2) is 25.9 Å². The predicted octanol–water partition coefficient (Wildman–Crippen LogP) is 3.05. The van der Waals surface area contributed by atoms with Crippen molar-refractivity contribution in [2.24, 2.45) is 0 Å². The molecule has 1 N–H and O–H groups in total. The van der Waals surface area contributed by atoms with E-state index in [-0.39, 0.29) is 11.8 Å². The Morgan fingerprint density at radius 1 is 1.41 bits per heavy atom. The Labute approximate surface area is 108 Å². The summed E-state index contributed by atoms with van der Waals surface area (Å²) in [5.41, 5.74) is 3.09. The van der Waals surface area contributed by atoms with Crippen LogP contribution in [0.3, 0.4) is 0 Å². The molecule has 4 heteroatoms. The molecule has 0 heterocycles. The summed E-state index contributed by atoms with van der Waals surface area (Å²) in [5.74, 6) is 0.152. The predicted molar refractivity (Wildman–Crippen MR) is 74.2 cm³/mol. The zero-order chi connectivity index (χ0) is 13.0. The highest BCUT2D eigenvalue weighted by Crippen LogP contribution is 2.28. The van der Waals surface area contributed by atoms with Crippen LogP contribution in [0, 0.1) is 0 Å². The van der Waals surface area contributed by atoms with Gasteiger partial charge in [-0.15, -0.1) is 11.6 Å². The zero-order valence-electron chi connectivity index (χ0n) is 10.7. The quantitative estimate of drug-likeness (QED) is 0.838. The van der Waals surface area contributed by atoms with Crippen molar-refractivity contribution in [1.29, 1.82) is 0 Å². The van der Waals surface area contributed by atoms with Gasteiger partial charge in [-0.25, -0.2) is 0 Å². The van der Waals surface area contributed by atoms with Crippen LogP contribution in [0.2, 0.25) is 0 Å². The molecule has 0 spiro atoms. The Morgan fingerprint density at radius 2 is 2.06 bits per heavy atom. The Balaban J connectivity index is 3.08. The molecule has 0 bridgehead atoms. The summed E-state index contributed by atoms with van der Waals surface area (Å²) < 4.78 is 0. The fraction of sp³-hybridized carbons (Fsp3) is 0.462. The first-order valence-electron chi connectivity index (χ1n) is 5.62. The highest BCUT2D eigenvalue weighted by atomic mass is 35.5. The Morgan fingerprint density at radius 3 is 2.53 bits per heavy atom. The highest BCUT2D eigenvalue weighted by Gasteiger charge is 2.10. The lowest BCUT2D eigenvalue weighted by Crippen LogP contribution is -2.15. The fourth-order valence-electron chi connectivity index (χ4n) is 1.60. The molecule has 0 aliphatic heterocycles. The van der Waals surface area contributed by atoms with Gasteiger partial charge in [0.25, 0.3) is 0 Å². The molecule has 94 valence electrons. The van der Waals surface area contributed by atoms with Crippen molar-refractivity contribution in [3.8, 4) is 0 Å². The van der Waals surface area contributed by atoms with Crippen LogP contribution in [0.15, 0.2) is 18.2 Å². The van der Waals surface area contributed by atoms with Crippen LogP contribution >= 0.6 is 11.6 Å². The number of nitrogens with one attached hydrogen (secondary N) is 1. The lowest BCUT2D eigenvalue weighted by atomic mass is 10.00. The summed E-state index contributed by atoms with van der Waals surface area (Å²) in [7, 11) is 3.99. The molecule has 0 aliphatic rings. The molecule has 0 saturated heterocycles. The normalized spacial score (nSPS) is 10.5. The zero-order valence-corrected chi connectivity index (χ0v) is 11.5. The van der Waals surface area contributed by atoms with Gasteiger partial charge in [0.15, 0.2) is 0 Å². The van der Waals surface area contributed by atoms with Crippen LogP contribution in [-0.2, 0) is 4.79 Å². The summed E-state index contributed by atoms with van der Waals surface area (Å²) in [5, 5.41) is 2.82. The van der Waals surface area contributed by atoms with Crippen LogP contribution in [0.25, 0.3) is 0 Å². The van der Waals surface area contributed by atoms with Crippen molar-refractivity contribution < 1.29 is 4.79 Å². The number of amides is 1. The van der Waals surface area contributed by atoms with Crippen molar-refractivity contribution in [2.75, 3.05) is 30.2 Å². The lowest BCUT2D eigenvalue weighted by Gasteiger charge is -2.18. The Kier molecular flexibility index (Phi) is 4.82. The molecule has 0 aliphatic carbocycles. The highest BCUT2D eigenvalue weighted by molar-refractivity contribution is 6.29. The number of halogens is 1. The molecule has 0 unspecified atom stereocenters. The van der Waals surface area contributed by atoms with Crippen molar-refractivity contribution in [1.82, 2.24) is 0 Å². The third-order valence-corrected chi connectivity index (χ3v) is 2.81. The molecule has 0 atom stereocenters. The number of rotatable bonds is 4. The van der Waals surface area contributed by atoms with E-state index in [0.717, 1.165) is 16.9 Å². The van der Waals surface area contributed by atoms with Gasteiger partial charge in [0.05, 0.1) is 0 Å². The maximum Gasteiger partial charge on any atom is 0.239 e. The molecule has 1 amide bonds. The summed E-state index contributed by atoms with van der Waals surface area (Å²) in [6, 6.07) is 6.00. The van der Waals surface area contributed by atoms with E-state index >= 15 is 0 Å². The number of alkyl halides is 1.